The molecule has 8 heteroatoms. The quantitative estimate of drug-likeness (QED) is 0.415. The number of carboxylic acids is 1. The van der Waals surface area contributed by atoms with Crippen LogP contribution in [0.5, 0.6) is 0 Å². The van der Waals surface area contributed by atoms with Crippen LogP contribution < -0.4 is 4.90 Å². The Morgan fingerprint density at radius 3 is 2.82 bits per heavy atom. The fraction of sp³-hybridized carbons (Fsp3) is 0.320. The Morgan fingerprint density at radius 2 is 2.03 bits per heavy atom. The van der Waals surface area contributed by atoms with Gasteiger partial charge < -0.3 is 19.4 Å². The molecule has 0 amide bonds. The van der Waals surface area contributed by atoms with Crippen LogP contribution in [0.15, 0.2) is 47.1 Å². The average Bonchev–Trinajstić information content (AvgIpc) is 3.45. The number of nitrogens with one attached hydrogen (secondary N) is 1. The van der Waals surface area contributed by atoms with E-state index in [1.165, 1.54) is 5.56 Å². The molecule has 168 valence electrons. The molecule has 2 N–H and O–H groups in total. The predicted octanol–water partition coefficient (Wildman–Crippen LogP) is 4.02. The third-order valence-corrected chi connectivity index (χ3v) is 6.36. The Bertz CT molecular complexity index is 1340. The molecule has 4 heterocycles. The number of H-pyrrole nitrogens is 1. The Kier molecular flexibility index (Phi) is 5.71. The lowest BCUT2D eigenvalue weighted by Gasteiger charge is -2.36. The number of piperazine rings is 1. The number of hydrogen-bond acceptors (Lipinski definition) is 6. The van der Waals surface area contributed by atoms with Gasteiger partial charge in [0.15, 0.2) is 0 Å². The molecule has 0 bridgehead atoms. The van der Waals surface area contributed by atoms with Crippen molar-refractivity contribution in [3.05, 3.63) is 59.6 Å². The lowest BCUT2D eigenvalue weighted by Crippen LogP contribution is -2.46. The Hall–Kier alpha value is -3.83. The van der Waals surface area contributed by atoms with Crippen LogP contribution in [0.4, 0.5) is 5.69 Å². The Balaban J connectivity index is 1.11. The standard InChI is InChI=1S/C25H25N5O3/c26-14-17-11-21-18(16-28-24(21)27-15-17)3-1-2-6-29-7-9-30(10-8-29)20-4-5-22-19(12-20)13-23(33-22)25(31)32/h4-5,11-13,15-16H,1-3,6-10H2,(H,27,28)(H,31,32). The molecular formula is C25H25N5O3. The van der Waals surface area contributed by atoms with Gasteiger partial charge in [-0.2, -0.15) is 5.26 Å². The van der Waals surface area contributed by atoms with Crippen LogP contribution in [-0.4, -0.2) is 58.7 Å². The molecule has 1 aliphatic rings. The van der Waals surface area contributed by atoms with E-state index in [-0.39, 0.29) is 5.76 Å². The summed E-state index contributed by atoms with van der Waals surface area (Å²) in [6.07, 6.45) is 6.79. The number of benzene rings is 1. The lowest BCUT2D eigenvalue weighted by atomic mass is 10.1. The van der Waals surface area contributed by atoms with E-state index in [4.69, 9.17) is 14.8 Å². The summed E-state index contributed by atoms with van der Waals surface area (Å²) < 4.78 is 5.36. The summed E-state index contributed by atoms with van der Waals surface area (Å²) in [5.41, 5.74) is 4.36. The van der Waals surface area contributed by atoms with Crippen LogP contribution in [0, 0.1) is 11.3 Å². The maximum absolute atomic E-state index is 11.1. The zero-order chi connectivity index (χ0) is 22.8. The van der Waals surface area contributed by atoms with Crippen LogP contribution in [0.25, 0.3) is 22.0 Å². The fourth-order valence-corrected chi connectivity index (χ4v) is 4.54. The number of furan rings is 1. The van der Waals surface area contributed by atoms with E-state index in [0.29, 0.717) is 11.1 Å². The minimum Gasteiger partial charge on any atom is -0.475 e. The van der Waals surface area contributed by atoms with E-state index >= 15 is 0 Å². The van der Waals surface area contributed by atoms with E-state index in [2.05, 4.69) is 25.8 Å². The van der Waals surface area contributed by atoms with Gasteiger partial charge in [0.1, 0.15) is 17.3 Å². The molecule has 33 heavy (non-hydrogen) atoms. The second-order valence-corrected chi connectivity index (χ2v) is 8.47. The SMILES string of the molecule is N#Cc1cnc2[nH]cc(CCCCN3CCN(c4ccc5oc(C(=O)O)cc5c4)CC3)c2c1. The topological polar surface area (TPSA) is 109 Å². The van der Waals surface area contributed by atoms with Gasteiger partial charge in [-0.1, -0.05) is 0 Å². The van der Waals surface area contributed by atoms with Crippen LogP contribution in [0.3, 0.4) is 0 Å². The molecule has 1 aliphatic heterocycles. The zero-order valence-corrected chi connectivity index (χ0v) is 18.3. The van der Waals surface area contributed by atoms with Gasteiger partial charge in [0.05, 0.1) is 5.56 Å². The maximum Gasteiger partial charge on any atom is 0.371 e. The summed E-state index contributed by atoms with van der Waals surface area (Å²) in [5.74, 6) is -1.07. The molecule has 8 nitrogen and oxygen atoms in total. The number of hydrogen-bond donors (Lipinski definition) is 2. The maximum atomic E-state index is 11.1. The molecule has 0 saturated carbocycles. The predicted molar refractivity (Wildman–Crippen MR) is 126 cm³/mol. The van der Waals surface area contributed by atoms with Gasteiger partial charge in [-0.15, -0.1) is 0 Å². The minimum atomic E-state index is -1.05. The second-order valence-electron chi connectivity index (χ2n) is 8.47. The molecule has 1 aromatic carbocycles. The van der Waals surface area contributed by atoms with E-state index in [0.717, 1.165) is 74.1 Å². The van der Waals surface area contributed by atoms with Gasteiger partial charge in [0.25, 0.3) is 0 Å². The first kappa shape index (κ1) is 21.0. The van der Waals surface area contributed by atoms with Crippen molar-refractivity contribution in [3.63, 3.8) is 0 Å². The number of carbonyl (C=O) groups is 1. The smallest absolute Gasteiger partial charge is 0.371 e. The fourth-order valence-electron chi connectivity index (χ4n) is 4.54. The van der Waals surface area contributed by atoms with Gasteiger partial charge in [-0.05, 0) is 61.7 Å². The molecular weight excluding hydrogens is 418 g/mol. The number of carboxylic acid groups (broad SMARTS) is 1. The molecule has 0 radical (unpaired) electrons. The van der Waals surface area contributed by atoms with Crippen molar-refractivity contribution in [2.75, 3.05) is 37.6 Å². The number of rotatable bonds is 7. The largest absolute Gasteiger partial charge is 0.475 e. The zero-order valence-electron chi connectivity index (χ0n) is 18.3. The molecule has 1 saturated heterocycles. The summed E-state index contributed by atoms with van der Waals surface area (Å²) >= 11 is 0. The van der Waals surface area contributed by atoms with Crippen molar-refractivity contribution >= 4 is 33.7 Å². The van der Waals surface area contributed by atoms with E-state index in [1.54, 1.807) is 12.3 Å². The van der Waals surface area contributed by atoms with Crippen LogP contribution in [0.2, 0.25) is 0 Å². The molecule has 3 aromatic heterocycles. The number of aromatic amines is 1. The highest BCUT2D eigenvalue weighted by Crippen LogP contribution is 2.26. The molecule has 1 fully saturated rings. The number of nitrogens with zero attached hydrogens (tertiary/aromatic N) is 4. The van der Waals surface area contributed by atoms with E-state index < -0.39 is 5.97 Å². The average molecular weight is 444 g/mol. The number of nitriles is 1. The number of anilines is 1. The molecule has 0 spiro atoms. The third-order valence-electron chi connectivity index (χ3n) is 6.36. The number of aromatic carboxylic acids is 1. The normalized spacial score (nSPS) is 14.7. The van der Waals surface area contributed by atoms with Crippen molar-refractivity contribution in [3.8, 4) is 6.07 Å². The summed E-state index contributed by atoms with van der Waals surface area (Å²) in [5, 5.41) is 20.1. The first-order chi connectivity index (χ1) is 16.1. The number of unbranched alkanes of at least 4 members (excludes halogenated alkanes) is 1. The number of aryl methyl sites for hydroxylation is 1. The van der Waals surface area contributed by atoms with Crippen molar-refractivity contribution in [1.82, 2.24) is 14.9 Å². The highest BCUT2D eigenvalue weighted by molar-refractivity contribution is 5.92. The number of fused-ring (bicyclic) bond motifs is 2. The third kappa shape index (κ3) is 4.41. The van der Waals surface area contributed by atoms with E-state index in [1.807, 2.05) is 30.5 Å². The second kappa shape index (κ2) is 8.96. The highest BCUT2D eigenvalue weighted by atomic mass is 16.4. The van der Waals surface area contributed by atoms with Crippen LogP contribution in [-0.2, 0) is 6.42 Å². The Labute approximate surface area is 191 Å². The summed E-state index contributed by atoms with van der Waals surface area (Å²) in [6, 6.07) is 11.5. The van der Waals surface area contributed by atoms with Crippen molar-refractivity contribution in [1.29, 1.82) is 5.26 Å². The van der Waals surface area contributed by atoms with Gasteiger partial charge in [0, 0.05) is 55.0 Å². The minimum absolute atomic E-state index is 0.0265. The molecule has 0 aliphatic carbocycles. The first-order valence-corrected chi connectivity index (χ1v) is 11.2. The van der Waals surface area contributed by atoms with Crippen LogP contribution in [0.1, 0.15) is 34.5 Å². The molecule has 0 unspecified atom stereocenters. The van der Waals surface area contributed by atoms with E-state index in [9.17, 15) is 4.79 Å². The highest BCUT2D eigenvalue weighted by Gasteiger charge is 2.18. The number of pyridine rings is 1. The van der Waals surface area contributed by atoms with Gasteiger partial charge in [0.2, 0.25) is 5.76 Å². The lowest BCUT2D eigenvalue weighted by molar-refractivity contribution is 0.0665. The van der Waals surface area contributed by atoms with Crippen molar-refractivity contribution < 1.29 is 14.3 Å². The summed E-state index contributed by atoms with van der Waals surface area (Å²) in [6.45, 7) is 4.97. The number of aromatic nitrogens is 2. The monoisotopic (exact) mass is 443 g/mol. The summed E-state index contributed by atoms with van der Waals surface area (Å²) in [4.78, 5) is 23.5. The van der Waals surface area contributed by atoms with Gasteiger partial charge in [-0.25, -0.2) is 9.78 Å². The Morgan fingerprint density at radius 1 is 1.18 bits per heavy atom. The van der Waals surface area contributed by atoms with Gasteiger partial charge in [-0.3, -0.25) is 4.90 Å². The van der Waals surface area contributed by atoms with Crippen molar-refractivity contribution in [2.45, 2.75) is 19.3 Å². The summed E-state index contributed by atoms with van der Waals surface area (Å²) in [7, 11) is 0. The van der Waals surface area contributed by atoms with Crippen molar-refractivity contribution in [2.24, 2.45) is 0 Å². The molecule has 5 rings (SSSR count). The molecule has 0 atom stereocenters. The van der Waals surface area contributed by atoms with Crippen LogP contribution >= 0.6 is 0 Å². The van der Waals surface area contributed by atoms with Gasteiger partial charge >= 0.3 is 5.97 Å². The molecule has 4 aromatic rings. The first-order valence-electron chi connectivity index (χ1n) is 11.2.